The topological polar surface area (TPSA) is 53.4 Å². The van der Waals surface area contributed by atoms with Crippen molar-refractivity contribution in [2.24, 2.45) is 5.92 Å². The van der Waals surface area contributed by atoms with Crippen LogP contribution in [0.3, 0.4) is 0 Å². The van der Waals surface area contributed by atoms with E-state index in [4.69, 9.17) is 0 Å². The third kappa shape index (κ3) is 3.21. The number of carbonyl (C=O) groups excluding carboxylic acids is 1. The number of thiazole rings is 1. The van der Waals surface area contributed by atoms with Crippen molar-refractivity contribution in [3.05, 3.63) is 40.8 Å². The van der Waals surface area contributed by atoms with E-state index >= 15 is 0 Å². The molecule has 1 aromatic carbocycles. The quantitative estimate of drug-likeness (QED) is 0.924. The van der Waals surface area contributed by atoms with Crippen LogP contribution in [0.25, 0.3) is 10.4 Å². The fraction of sp³-hybridized carbons (Fsp3) is 0.444. The highest BCUT2D eigenvalue weighted by molar-refractivity contribution is 7.15. The van der Waals surface area contributed by atoms with Crippen molar-refractivity contribution in [1.82, 2.24) is 9.88 Å². The molecule has 2 atom stereocenters. The Balaban J connectivity index is 1.97. The van der Waals surface area contributed by atoms with Gasteiger partial charge in [-0.15, -0.1) is 11.3 Å². The lowest BCUT2D eigenvalue weighted by molar-refractivity contribution is 0.0354. The SMILES string of the molecule is Cc1nc(C(=O)N2CCC[C@H](C)[C@@H]2CO)c(-c2ccc(F)cc2)s1. The highest BCUT2D eigenvalue weighted by Crippen LogP contribution is 2.33. The van der Waals surface area contributed by atoms with Gasteiger partial charge in [-0.25, -0.2) is 9.37 Å². The zero-order chi connectivity index (χ0) is 17.3. The van der Waals surface area contributed by atoms with Crippen LogP contribution >= 0.6 is 11.3 Å². The largest absolute Gasteiger partial charge is 0.394 e. The molecule has 2 heterocycles. The zero-order valence-electron chi connectivity index (χ0n) is 13.8. The molecule has 1 aromatic heterocycles. The van der Waals surface area contributed by atoms with Crippen molar-refractivity contribution >= 4 is 17.2 Å². The molecule has 0 saturated carbocycles. The van der Waals surface area contributed by atoms with Gasteiger partial charge in [-0.05, 0) is 43.4 Å². The van der Waals surface area contributed by atoms with Crippen LogP contribution in [0.2, 0.25) is 0 Å². The molecular formula is C18H21FN2O2S. The summed E-state index contributed by atoms with van der Waals surface area (Å²) in [6.07, 6.45) is 1.94. The number of amides is 1. The van der Waals surface area contributed by atoms with Gasteiger partial charge in [-0.2, -0.15) is 0 Å². The van der Waals surface area contributed by atoms with E-state index in [1.807, 2.05) is 6.92 Å². The number of halogens is 1. The number of rotatable bonds is 3. The lowest BCUT2D eigenvalue weighted by Crippen LogP contribution is -2.49. The van der Waals surface area contributed by atoms with Gasteiger partial charge in [-0.1, -0.05) is 19.1 Å². The van der Waals surface area contributed by atoms with Crippen molar-refractivity contribution < 1.29 is 14.3 Å². The first-order valence-electron chi connectivity index (χ1n) is 8.16. The van der Waals surface area contributed by atoms with Crippen LogP contribution in [0.4, 0.5) is 4.39 Å². The molecule has 4 nitrogen and oxygen atoms in total. The van der Waals surface area contributed by atoms with Gasteiger partial charge in [0.2, 0.25) is 0 Å². The number of piperidine rings is 1. The Morgan fingerprint density at radius 3 is 2.79 bits per heavy atom. The molecule has 0 unspecified atom stereocenters. The van der Waals surface area contributed by atoms with E-state index in [1.54, 1.807) is 17.0 Å². The molecule has 128 valence electrons. The monoisotopic (exact) mass is 348 g/mol. The van der Waals surface area contributed by atoms with Crippen LogP contribution in [0.15, 0.2) is 24.3 Å². The molecule has 1 fully saturated rings. The van der Waals surface area contributed by atoms with Crippen molar-refractivity contribution in [3.8, 4) is 10.4 Å². The van der Waals surface area contributed by atoms with E-state index in [2.05, 4.69) is 11.9 Å². The smallest absolute Gasteiger partial charge is 0.274 e. The minimum atomic E-state index is -0.307. The molecule has 0 aliphatic carbocycles. The van der Waals surface area contributed by atoms with Crippen LogP contribution in [0, 0.1) is 18.7 Å². The molecule has 1 saturated heterocycles. The number of aliphatic hydroxyl groups is 1. The molecular weight excluding hydrogens is 327 g/mol. The van der Waals surface area contributed by atoms with Gasteiger partial charge in [0, 0.05) is 6.54 Å². The first-order chi connectivity index (χ1) is 11.5. The van der Waals surface area contributed by atoms with Crippen LogP contribution < -0.4 is 0 Å². The summed E-state index contributed by atoms with van der Waals surface area (Å²) in [5.74, 6) is -0.191. The number of nitrogens with zero attached hydrogens (tertiary/aromatic N) is 2. The number of carbonyl (C=O) groups is 1. The Bertz CT molecular complexity index is 729. The minimum absolute atomic E-state index is 0.0398. The van der Waals surface area contributed by atoms with Crippen molar-refractivity contribution in [2.75, 3.05) is 13.2 Å². The molecule has 0 bridgehead atoms. The average molecular weight is 348 g/mol. The van der Waals surface area contributed by atoms with Crippen molar-refractivity contribution in [2.45, 2.75) is 32.7 Å². The predicted molar refractivity (Wildman–Crippen MR) is 92.6 cm³/mol. The third-order valence-corrected chi connectivity index (χ3v) is 5.63. The van der Waals surface area contributed by atoms with E-state index in [1.165, 1.54) is 23.5 Å². The molecule has 1 aliphatic rings. The number of hydrogen-bond donors (Lipinski definition) is 1. The van der Waals surface area contributed by atoms with Crippen molar-refractivity contribution in [1.29, 1.82) is 0 Å². The molecule has 24 heavy (non-hydrogen) atoms. The normalized spacial score (nSPS) is 21.1. The number of aryl methyl sites for hydroxylation is 1. The summed E-state index contributed by atoms with van der Waals surface area (Å²) in [6.45, 7) is 4.51. The third-order valence-electron chi connectivity index (χ3n) is 4.61. The van der Waals surface area contributed by atoms with Gasteiger partial charge < -0.3 is 10.0 Å². The Kier molecular flexibility index (Phi) is 4.96. The van der Waals surface area contributed by atoms with Crippen molar-refractivity contribution in [3.63, 3.8) is 0 Å². The lowest BCUT2D eigenvalue weighted by atomic mass is 9.91. The first kappa shape index (κ1) is 17.0. The summed E-state index contributed by atoms with van der Waals surface area (Å²) >= 11 is 1.43. The van der Waals surface area contributed by atoms with E-state index in [-0.39, 0.29) is 30.3 Å². The number of likely N-dealkylation sites (tertiary alicyclic amines) is 1. The summed E-state index contributed by atoms with van der Waals surface area (Å²) in [5.41, 5.74) is 1.19. The lowest BCUT2D eigenvalue weighted by Gasteiger charge is -2.38. The Labute approximate surface area is 145 Å². The van der Waals surface area contributed by atoms with E-state index < -0.39 is 0 Å². The average Bonchev–Trinajstić information content (AvgIpc) is 2.96. The zero-order valence-corrected chi connectivity index (χ0v) is 14.6. The summed E-state index contributed by atoms with van der Waals surface area (Å²) in [6, 6.07) is 5.94. The van der Waals surface area contributed by atoms with Crippen LogP contribution in [-0.4, -0.2) is 40.1 Å². The summed E-state index contributed by atoms with van der Waals surface area (Å²) in [7, 11) is 0. The second-order valence-electron chi connectivity index (χ2n) is 6.29. The van der Waals surface area contributed by atoms with E-state index in [0.29, 0.717) is 12.2 Å². The molecule has 6 heteroatoms. The van der Waals surface area contributed by atoms with E-state index in [9.17, 15) is 14.3 Å². The highest BCUT2D eigenvalue weighted by Gasteiger charge is 2.34. The number of hydrogen-bond acceptors (Lipinski definition) is 4. The standard InChI is InChI=1S/C18H21FN2O2S/c1-11-4-3-9-21(15(11)10-22)18(23)16-17(24-12(2)20-16)13-5-7-14(19)8-6-13/h5-8,11,15,22H,3-4,9-10H2,1-2H3/t11-,15-/m0/s1. The van der Waals surface area contributed by atoms with Crippen LogP contribution in [0.5, 0.6) is 0 Å². The molecule has 3 rings (SSSR count). The molecule has 1 aliphatic heterocycles. The first-order valence-corrected chi connectivity index (χ1v) is 8.98. The van der Waals surface area contributed by atoms with Gasteiger partial charge in [0.1, 0.15) is 11.5 Å². The molecule has 1 N–H and O–H groups in total. The Morgan fingerprint density at radius 2 is 2.12 bits per heavy atom. The van der Waals surface area contributed by atoms with Gasteiger partial charge in [0.25, 0.3) is 5.91 Å². The van der Waals surface area contributed by atoms with Gasteiger partial charge >= 0.3 is 0 Å². The second-order valence-corrected chi connectivity index (χ2v) is 7.49. The van der Waals surface area contributed by atoms with Gasteiger partial charge in [0.05, 0.1) is 22.5 Å². The van der Waals surface area contributed by atoms with E-state index in [0.717, 1.165) is 28.3 Å². The van der Waals surface area contributed by atoms with Gasteiger partial charge in [-0.3, -0.25) is 4.79 Å². The van der Waals surface area contributed by atoms with Crippen LogP contribution in [0.1, 0.15) is 35.3 Å². The molecule has 0 radical (unpaired) electrons. The maximum atomic E-state index is 13.2. The molecule has 1 amide bonds. The Morgan fingerprint density at radius 1 is 1.42 bits per heavy atom. The Hall–Kier alpha value is -1.79. The molecule has 2 aromatic rings. The fourth-order valence-corrected chi connectivity index (χ4v) is 4.20. The highest BCUT2D eigenvalue weighted by atomic mass is 32.1. The minimum Gasteiger partial charge on any atom is -0.394 e. The summed E-state index contributed by atoms with van der Waals surface area (Å²) in [5, 5.41) is 10.5. The number of aliphatic hydroxyl groups excluding tert-OH is 1. The fourth-order valence-electron chi connectivity index (χ4n) is 3.28. The summed E-state index contributed by atoms with van der Waals surface area (Å²) < 4.78 is 13.2. The van der Waals surface area contributed by atoms with Gasteiger partial charge in [0.15, 0.2) is 0 Å². The summed E-state index contributed by atoms with van der Waals surface area (Å²) in [4.78, 5) is 20.0. The number of aromatic nitrogens is 1. The number of benzene rings is 1. The van der Waals surface area contributed by atoms with Crippen LogP contribution in [-0.2, 0) is 0 Å². The molecule has 0 spiro atoms. The predicted octanol–water partition coefficient (Wildman–Crippen LogP) is 3.49. The maximum Gasteiger partial charge on any atom is 0.274 e. The second kappa shape index (κ2) is 6.99. The maximum absolute atomic E-state index is 13.2.